The number of hydrogen-bond acceptors (Lipinski definition) is 4. The van der Waals surface area contributed by atoms with Crippen molar-refractivity contribution in [1.29, 1.82) is 0 Å². The van der Waals surface area contributed by atoms with Crippen molar-refractivity contribution in [2.75, 3.05) is 30.3 Å². The Bertz CT molecular complexity index is 490. The number of nitrogens with zero attached hydrogens (tertiary/aromatic N) is 1. The number of carbonyl (C=O) groups is 1. The van der Waals surface area contributed by atoms with Crippen molar-refractivity contribution in [3.63, 3.8) is 0 Å². The summed E-state index contributed by atoms with van der Waals surface area (Å²) >= 11 is 0. The molecule has 1 saturated heterocycles. The number of rotatable bonds is 4. The summed E-state index contributed by atoms with van der Waals surface area (Å²) in [5, 5.41) is 12.5. The summed E-state index contributed by atoms with van der Waals surface area (Å²) in [5.74, 6) is -0.0894. The Kier molecular flexibility index (Phi) is 5.44. The maximum absolute atomic E-state index is 12.3. The van der Waals surface area contributed by atoms with Crippen LogP contribution in [-0.4, -0.2) is 36.8 Å². The van der Waals surface area contributed by atoms with Gasteiger partial charge in [0.05, 0.1) is 23.9 Å². The van der Waals surface area contributed by atoms with E-state index in [1.54, 1.807) is 12.1 Å². The number of amides is 1. The Morgan fingerprint density at radius 2 is 2.24 bits per heavy atom. The first-order chi connectivity index (χ1) is 10.2. The van der Waals surface area contributed by atoms with Gasteiger partial charge in [-0.05, 0) is 38.0 Å². The van der Waals surface area contributed by atoms with Crippen molar-refractivity contribution in [1.82, 2.24) is 5.32 Å². The van der Waals surface area contributed by atoms with E-state index in [4.69, 9.17) is 5.73 Å². The minimum absolute atomic E-state index is 0.0578. The molecular weight excluding hydrogens is 266 g/mol. The lowest BCUT2D eigenvalue weighted by molar-refractivity contribution is 0.0956. The topological polar surface area (TPSA) is 78.6 Å². The van der Waals surface area contributed by atoms with Gasteiger partial charge in [0.15, 0.2) is 0 Å². The van der Waals surface area contributed by atoms with Crippen molar-refractivity contribution in [3.8, 4) is 0 Å². The molecule has 0 radical (unpaired) electrons. The van der Waals surface area contributed by atoms with Gasteiger partial charge in [-0.2, -0.15) is 0 Å². The van der Waals surface area contributed by atoms with Crippen molar-refractivity contribution in [2.24, 2.45) is 0 Å². The van der Waals surface area contributed by atoms with Crippen LogP contribution >= 0.6 is 0 Å². The fourth-order valence-electron chi connectivity index (χ4n) is 2.92. The molecule has 1 fully saturated rings. The lowest BCUT2D eigenvalue weighted by Gasteiger charge is -2.32. The summed E-state index contributed by atoms with van der Waals surface area (Å²) in [7, 11) is 0. The van der Waals surface area contributed by atoms with Crippen LogP contribution in [0.3, 0.4) is 0 Å². The second-order valence-corrected chi connectivity index (χ2v) is 5.52. The molecule has 0 spiro atoms. The third-order valence-electron chi connectivity index (χ3n) is 4.00. The standard InChI is InChI=1S/C16H25N3O2/c1-2-18-16(21)14-8-7-12(17)10-15(14)19-9-5-3-4-6-13(19)11-20/h7-8,10,13,20H,2-6,9,11,17H2,1H3,(H,18,21). The highest BCUT2D eigenvalue weighted by molar-refractivity contribution is 6.00. The van der Waals surface area contributed by atoms with E-state index in [0.29, 0.717) is 17.8 Å². The lowest BCUT2D eigenvalue weighted by Crippen LogP contribution is -2.39. The number of carbonyl (C=O) groups excluding carboxylic acids is 1. The maximum atomic E-state index is 12.3. The predicted molar refractivity (Wildman–Crippen MR) is 85.5 cm³/mol. The molecule has 1 heterocycles. The van der Waals surface area contributed by atoms with E-state index < -0.39 is 0 Å². The summed E-state index contributed by atoms with van der Waals surface area (Å²) in [5.41, 5.74) is 8.02. The van der Waals surface area contributed by atoms with Crippen LogP contribution in [0.1, 0.15) is 43.0 Å². The lowest BCUT2D eigenvalue weighted by atomic mass is 10.1. The third kappa shape index (κ3) is 3.67. The smallest absolute Gasteiger partial charge is 0.253 e. The number of nitrogen functional groups attached to an aromatic ring is 1. The first-order valence-corrected chi connectivity index (χ1v) is 7.72. The van der Waals surface area contributed by atoms with Gasteiger partial charge < -0.3 is 21.1 Å². The van der Waals surface area contributed by atoms with Crippen LogP contribution in [0.2, 0.25) is 0 Å². The van der Waals surface area contributed by atoms with Crippen molar-refractivity contribution in [2.45, 2.75) is 38.6 Å². The average molecular weight is 291 g/mol. The average Bonchev–Trinajstić information content (AvgIpc) is 2.72. The van der Waals surface area contributed by atoms with Gasteiger partial charge in [0.25, 0.3) is 5.91 Å². The van der Waals surface area contributed by atoms with Crippen LogP contribution in [0, 0.1) is 0 Å². The monoisotopic (exact) mass is 291 g/mol. The molecule has 1 amide bonds. The van der Waals surface area contributed by atoms with Crippen LogP contribution in [0.4, 0.5) is 11.4 Å². The zero-order valence-electron chi connectivity index (χ0n) is 12.6. The molecule has 1 unspecified atom stereocenters. The van der Waals surface area contributed by atoms with Gasteiger partial charge in [-0.3, -0.25) is 4.79 Å². The highest BCUT2D eigenvalue weighted by atomic mass is 16.3. The first-order valence-electron chi connectivity index (χ1n) is 7.72. The highest BCUT2D eigenvalue weighted by Crippen LogP contribution is 2.29. The zero-order chi connectivity index (χ0) is 15.2. The number of anilines is 2. The quantitative estimate of drug-likeness (QED) is 0.739. The van der Waals surface area contributed by atoms with Crippen LogP contribution in [0.25, 0.3) is 0 Å². The summed E-state index contributed by atoms with van der Waals surface area (Å²) in [6.07, 6.45) is 4.28. The van der Waals surface area contributed by atoms with Gasteiger partial charge in [0, 0.05) is 18.8 Å². The SMILES string of the molecule is CCNC(=O)c1ccc(N)cc1N1CCCCCC1CO. The molecule has 0 saturated carbocycles. The summed E-state index contributed by atoms with van der Waals surface area (Å²) in [4.78, 5) is 14.4. The van der Waals surface area contributed by atoms with E-state index in [1.165, 1.54) is 0 Å². The summed E-state index contributed by atoms with van der Waals surface area (Å²) < 4.78 is 0. The normalized spacial score (nSPS) is 19.1. The number of nitrogens with two attached hydrogens (primary N) is 1. The molecule has 2 rings (SSSR count). The van der Waals surface area contributed by atoms with Gasteiger partial charge in [-0.15, -0.1) is 0 Å². The Morgan fingerprint density at radius 1 is 1.43 bits per heavy atom. The Morgan fingerprint density at radius 3 is 2.95 bits per heavy atom. The fraction of sp³-hybridized carbons (Fsp3) is 0.562. The molecule has 0 aromatic heterocycles. The molecule has 1 atom stereocenters. The minimum Gasteiger partial charge on any atom is -0.399 e. The third-order valence-corrected chi connectivity index (χ3v) is 4.00. The van der Waals surface area contributed by atoms with Gasteiger partial charge in [-0.1, -0.05) is 12.8 Å². The predicted octanol–water partition coefficient (Wildman–Crippen LogP) is 1.76. The minimum atomic E-state index is -0.0894. The number of benzene rings is 1. The molecular formula is C16H25N3O2. The van der Waals surface area contributed by atoms with E-state index in [2.05, 4.69) is 10.2 Å². The van der Waals surface area contributed by atoms with Gasteiger partial charge in [0.1, 0.15) is 0 Å². The maximum Gasteiger partial charge on any atom is 0.253 e. The second-order valence-electron chi connectivity index (χ2n) is 5.52. The first kappa shape index (κ1) is 15.6. The molecule has 5 nitrogen and oxygen atoms in total. The van der Waals surface area contributed by atoms with E-state index in [1.807, 2.05) is 13.0 Å². The molecule has 4 N–H and O–H groups in total. The number of aliphatic hydroxyl groups is 1. The molecule has 0 aliphatic carbocycles. The van der Waals surface area contributed by atoms with E-state index in [-0.39, 0.29) is 18.6 Å². The number of hydrogen-bond donors (Lipinski definition) is 3. The molecule has 1 aromatic carbocycles. The molecule has 1 aliphatic rings. The molecule has 1 aromatic rings. The van der Waals surface area contributed by atoms with Crippen molar-refractivity contribution >= 4 is 17.3 Å². The fourth-order valence-corrected chi connectivity index (χ4v) is 2.92. The van der Waals surface area contributed by atoms with Crippen molar-refractivity contribution in [3.05, 3.63) is 23.8 Å². The Balaban J connectivity index is 2.39. The van der Waals surface area contributed by atoms with Gasteiger partial charge in [-0.25, -0.2) is 0 Å². The molecule has 116 valence electrons. The van der Waals surface area contributed by atoms with Crippen LogP contribution < -0.4 is 16.0 Å². The Labute approximate surface area is 126 Å². The molecule has 0 bridgehead atoms. The largest absolute Gasteiger partial charge is 0.399 e. The van der Waals surface area contributed by atoms with E-state index in [9.17, 15) is 9.90 Å². The Hall–Kier alpha value is -1.75. The summed E-state index contributed by atoms with van der Waals surface area (Å²) in [6.45, 7) is 3.44. The van der Waals surface area contributed by atoms with Gasteiger partial charge in [0.2, 0.25) is 0 Å². The van der Waals surface area contributed by atoms with E-state index in [0.717, 1.165) is 37.9 Å². The van der Waals surface area contributed by atoms with Crippen LogP contribution in [0.15, 0.2) is 18.2 Å². The van der Waals surface area contributed by atoms with E-state index >= 15 is 0 Å². The number of nitrogens with one attached hydrogen (secondary N) is 1. The molecule has 21 heavy (non-hydrogen) atoms. The zero-order valence-corrected chi connectivity index (χ0v) is 12.6. The highest BCUT2D eigenvalue weighted by Gasteiger charge is 2.24. The van der Waals surface area contributed by atoms with Crippen LogP contribution in [-0.2, 0) is 0 Å². The number of aliphatic hydroxyl groups excluding tert-OH is 1. The van der Waals surface area contributed by atoms with Crippen molar-refractivity contribution < 1.29 is 9.90 Å². The molecule has 5 heteroatoms. The van der Waals surface area contributed by atoms with Gasteiger partial charge >= 0.3 is 0 Å². The molecule has 1 aliphatic heterocycles. The summed E-state index contributed by atoms with van der Waals surface area (Å²) in [6, 6.07) is 5.43. The second kappa shape index (κ2) is 7.31. The van der Waals surface area contributed by atoms with Crippen LogP contribution in [0.5, 0.6) is 0 Å².